The highest BCUT2D eigenvalue weighted by molar-refractivity contribution is 5.94. The van der Waals surface area contributed by atoms with Crippen molar-refractivity contribution in [2.75, 3.05) is 0 Å². The Balaban J connectivity index is 2.90. The molecule has 0 unspecified atom stereocenters. The lowest BCUT2D eigenvalue weighted by atomic mass is 9.97. The third-order valence-corrected chi connectivity index (χ3v) is 3.85. The maximum atomic E-state index is 13.5. The number of carbonyl (C=O) groups excluding carboxylic acids is 3. The average Bonchev–Trinajstić information content (AvgIpc) is 2.56. The highest BCUT2D eigenvalue weighted by atomic mass is 19.4. The van der Waals surface area contributed by atoms with Crippen molar-refractivity contribution in [2.45, 2.75) is 45.1 Å². The first kappa shape index (κ1) is 22.3. The van der Waals surface area contributed by atoms with Gasteiger partial charge < -0.3 is 15.8 Å². The lowest BCUT2D eigenvalue weighted by Gasteiger charge is -2.33. The second kappa shape index (κ2) is 8.74. The molecule has 0 bridgehead atoms. The third-order valence-electron chi connectivity index (χ3n) is 3.85. The van der Waals surface area contributed by atoms with Crippen LogP contribution < -0.4 is 16.4 Å². The van der Waals surface area contributed by atoms with E-state index in [9.17, 15) is 27.6 Å². The molecule has 7 nitrogen and oxygen atoms in total. The SMILES string of the molecule is CC(C)[C@H](NC(=O)[C@](C)(NC(=O)OCc1ccccc1)C(F)(F)F)C(N)=O. The van der Waals surface area contributed by atoms with E-state index in [1.807, 2.05) is 5.32 Å². The average molecular weight is 389 g/mol. The fourth-order valence-electron chi connectivity index (χ4n) is 2.07. The lowest BCUT2D eigenvalue weighted by Crippen LogP contribution is -2.67. The predicted molar refractivity (Wildman–Crippen MR) is 90.2 cm³/mol. The molecule has 27 heavy (non-hydrogen) atoms. The van der Waals surface area contributed by atoms with E-state index in [1.165, 1.54) is 19.2 Å². The van der Waals surface area contributed by atoms with Gasteiger partial charge in [-0.2, -0.15) is 13.2 Å². The van der Waals surface area contributed by atoms with Crippen molar-refractivity contribution < 1.29 is 32.3 Å². The number of halogens is 3. The van der Waals surface area contributed by atoms with Crippen LogP contribution in [0.2, 0.25) is 0 Å². The van der Waals surface area contributed by atoms with E-state index in [-0.39, 0.29) is 6.61 Å². The molecule has 3 amide bonds. The van der Waals surface area contributed by atoms with Gasteiger partial charge in [-0.25, -0.2) is 4.79 Å². The smallest absolute Gasteiger partial charge is 0.420 e. The summed E-state index contributed by atoms with van der Waals surface area (Å²) >= 11 is 0. The second-order valence-corrected chi connectivity index (χ2v) is 6.41. The van der Waals surface area contributed by atoms with Crippen LogP contribution in [0.1, 0.15) is 26.3 Å². The molecule has 0 saturated carbocycles. The van der Waals surface area contributed by atoms with Crippen molar-refractivity contribution >= 4 is 17.9 Å². The summed E-state index contributed by atoms with van der Waals surface area (Å²) in [4.78, 5) is 35.4. The molecule has 0 aliphatic carbocycles. The maximum Gasteiger partial charge on any atom is 0.420 e. The number of carbonyl (C=O) groups is 3. The van der Waals surface area contributed by atoms with Gasteiger partial charge in [-0.05, 0) is 18.4 Å². The minimum atomic E-state index is -5.15. The minimum Gasteiger partial charge on any atom is -0.445 e. The van der Waals surface area contributed by atoms with Crippen LogP contribution in [0.25, 0.3) is 0 Å². The van der Waals surface area contributed by atoms with Crippen LogP contribution in [-0.4, -0.2) is 35.7 Å². The van der Waals surface area contributed by atoms with Crippen molar-refractivity contribution in [1.29, 1.82) is 0 Å². The number of hydrogen-bond acceptors (Lipinski definition) is 4. The van der Waals surface area contributed by atoms with E-state index >= 15 is 0 Å². The summed E-state index contributed by atoms with van der Waals surface area (Å²) in [6, 6.07) is 6.95. The van der Waals surface area contributed by atoms with Crippen LogP contribution >= 0.6 is 0 Å². The Bertz CT molecular complexity index is 680. The zero-order valence-electron chi connectivity index (χ0n) is 15.1. The zero-order valence-corrected chi connectivity index (χ0v) is 15.1. The lowest BCUT2D eigenvalue weighted by molar-refractivity contribution is -0.194. The second-order valence-electron chi connectivity index (χ2n) is 6.41. The Morgan fingerprint density at radius 2 is 1.70 bits per heavy atom. The van der Waals surface area contributed by atoms with Crippen molar-refractivity contribution in [3.63, 3.8) is 0 Å². The first-order chi connectivity index (χ1) is 12.4. The molecule has 0 saturated heterocycles. The topological polar surface area (TPSA) is 111 Å². The van der Waals surface area contributed by atoms with Crippen molar-refractivity contribution in [2.24, 2.45) is 11.7 Å². The molecule has 0 spiro atoms. The number of amides is 3. The van der Waals surface area contributed by atoms with Crippen LogP contribution in [0.4, 0.5) is 18.0 Å². The van der Waals surface area contributed by atoms with Gasteiger partial charge in [-0.15, -0.1) is 0 Å². The summed E-state index contributed by atoms with van der Waals surface area (Å²) in [5, 5.41) is 3.47. The molecule has 0 fully saturated rings. The number of nitrogens with two attached hydrogens (primary N) is 1. The maximum absolute atomic E-state index is 13.5. The van der Waals surface area contributed by atoms with Crippen molar-refractivity contribution in [1.82, 2.24) is 10.6 Å². The fraction of sp³-hybridized carbons (Fsp3) is 0.471. The number of rotatable bonds is 7. The Morgan fingerprint density at radius 1 is 1.15 bits per heavy atom. The van der Waals surface area contributed by atoms with Crippen LogP contribution in [0.5, 0.6) is 0 Å². The van der Waals surface area contributed by atoms with E-state index < -0.39 is 41.6 Å². The standard InChI is InChI=1S/C17H22F3N3O4/c1-10(2)12(13(21)24)22-14(25)16(3,17(18,19)20)23-15(26)27-9-11-7-5-4-6-8-11/h4-8,10,12H,9H2,1-3H3,(H2,21,24)(H,22,25)(H,23,26)/t12-,16-/m0/s1. The summed E-state index contributed by atoms with van der Waals surface area (Å²) in [6.45, 7) is 3.20. The van der Waals surface area contributed by atoms with E-state index in [2.05, 4.69) is 0 Å². The number of nitrogens with one attached hydrogen (secondary N) is 2. The van der Waals surface area contributed by atoms with Gasteiger partial charge in [0.15, 0.2) is 0 Å². The first-order valence-corrected chi connectivity index (χ1v) is 8.04. The molecule has 1 aromatic carbocycles. The van der Waals surface area contributed by atoms with E-state index in [1.54, 1.807) is 30.3 Å². The van der Waals surface area contributed by atoms with E-state index in [4.69, 9.17) is 10.5 Å². The molecule has 2 atom stereocenters. The molecular weight excluding hydrogens is 367 g/mol. The molecule has 1 rings (SSSR count). The van der Waals surface area contributed by atoms with Crippen LogP contribution in [0.3, 0.4) is 0 Å². The van der Waals surface area contributed by atoms with Crippen LogP contribution in [0.15, 0.2) is 30.3 Å². The molecule has 0 aliphatic heterocycles. The van der Waals surface area contributed by atoms with Gasteiger partial charge in [0.25, 0.3) is 5.91 Å². The van der Waals surface area contributed by atoms with Gasteiger partial charge >= 0.3 is 12.3 Å². The Labute approximate surface area is 154 Å². The molecule has 0 aliphatic rings. The number of benzene rings is 1. The van der Waals surface area contributed by atoms with Crippen LogP contribution in [-0.2, 0) is 20.9 Å². The van der Waals surface area contributed by atoms with Gasteiger partial charge in [0.1, 0.15) is 12.6 Å². The number of primary amides is 1. The number of alkyl halides is 3. The highest BCUT2D eigenvalue weighted by Gasteiger charge is 2.58. The Kier molecular flexibility index (Phi) is 7.21. The molecule has 150 valence electrons. The summed E-state index contributed by atoms with van der Waals surface area (Å²) < 4.78 is 45.2. The minimum absolute atomic E-state index is 0.280. The Morgan fingerprint density at radius 3 is 2.15 bits per heavy atom. The number of alkyl carbamates (subject to hydrolysis) is 1. The summed E-state index contributed by atoms with van der Waals surface area (Å²) in [5.74, 6) is -3.16. The largest absolute Gasteiger partial charge is 0.445 e. The molecular formula is C17H22F3N3O4. The third kappa shape index (κ3) is 5.87. The molecule has 1 aromatic rings. The fourth-order valence-corrected chi connectivity index (χ4v) is 2.07. The van der Waals surface area contributed by atoms with Gasteiger partial charge in [-0.1, -0.05) is 44.2 Å². The summed E-state index contributed by atoms with van der Waals surface area (Å²) in [6.07, 6.45) is -6.59. The van der Waals surface area contributed by atoms with Crippen molar-refractivity contribution in [3.8, 4) is 0 Å². The van der Waals surface area contributed by atoms with Gasteiger partial charge in [0.05, 0.1) is 0 Å². The normalized spacial score (nSPS) is 14.8. The van der Waals surface area contributed by atoms with Gasteiger partial charge in [-0.3, -0.25) is 14.9 Å². The molecule has 0 radical (unpaired) electrons. The number of hydrogen-bond donors (Lipinski definition) is 3. The molecule has 4 N–H and O–H groups in total. The monoisotopic (exact) mass is 389 g/mol. The van der Waals surface area contributed by atoms with E-state index in [0.717, 1.165) is 0 Å². The van der Waals surface area contributed by atoms with E-state index in [0.29, 0.717) is 12.5 Å². The Hall–Kier alpha value is -2.78. The highest BCUT2D eigenvalue weighted by Crippen LogP contribution is 2.31. The van der Waals surface area contributed by atoms with Crippen LogP contribution in [0, 0.1) is 5.92 Å². The number of ether oxygens (including phenoxy) is 1. The quantitative estimate of drug-likeness (QED) is 0.661. The van der Waals surface area contributed by atoms with Gasteiger partial charge in [0.2, 0.25) is 11.4 Å². The van der Waals surface area contributed by atoms with Gasteiger partial charge in [0, 0.05) is 0 Å². The van der Waals surface area contributed by atoms with Crippen molar-refractivity contribution in [3.05, 3.63) is 35.9 Å². The molecule has 0 aromatic heterocycles. The summed E-state index contributed by atoms with van der Waals surface area (Å²) in [7, 11) is 0. The molecule has 0 heterocycles. The zero-order chi connectivity index (χ0) is 20.8. The predicted octanol–water partition coefficient (Wildman–Crippen LogP) is 1.86. The molecule has 10 heteroatoms. The first-order valence-electron chi connectivity index (χ1n) is 8.04. The summed E-state index contributed by atoms with van der Waals surface area (Å²) in [5.41, 5.74) is 2.34.